The highest BCUT2D eigenvalue weighted by Crippen LogP contribution is 2.25. The number of hydrogen-bond donors (Lipinski definition) is 1. The lowest BCUT2D eigenvalue weighted by atomic mass is 10.0. The summed E-state index contributed by atoms with van der Waals surface area (Å²) in [7, 11) is -5.37. The highest BCUT2D eigenvalue weighted by Gasteiger charge is 2.45. The van der Waals surface area contributed by atoms with Gasteiger partial charge in [-0.2, -0.15) is 21.6 Å². The number of sulfonamides is 1. The lowest BCUT2D eigenvalue weighted by Crippen LogP contribution is -2.29. The molecule has 0 heterocycles. The van der Waals surface area contributed by atoms with E-state index in [-0.39, 0.29) is 5.69 Å². The summed E-state index contributed by atoms with van der Waals surface area (Å²) >= 11 is 0. The Labute approximate surface area is 126 Å². The molecule has 0 spiro atoms. The van der Waals surface area contributed by atoms with Crippen molar-refractivity contribution in [1.29, 1.82) is 0 Å². The molecular formula is C15H14F3NO2S. The van der Waals surface area contributed by atoms with Gasteiger partial charge in [0.25, 0.3) is 0 Å². The molecule has 7 heteroatoms. The normalized spacial score (nSPS) is 12.1. The van der Waals surface area contributed by atoms with E-state index in [1.54, 1.807) is 12.1 Å². The SMILES string of the molecule is O=S(=O)(Nc1ccc(CCc2ccccc2)cc1)C(F)(F)F. The fraction of sp³-hybridized carbons (Fsp3) is 0.200. The van der Waals surface area contributed by atoms with Gasteiger partial charge in [-0.15, -0.1) is 0 Å². The summed E-state index contributed by atoms with van der Waals surface area (Å²) < 4.78 is 60.2. The number of benzene rings is 2. The van der Waals surface area contributed by atoms with Gasteiger partial charge in [-0.25, -0.2) is 0 Å². The van der Waals surface area contributed by atoms with Gasteiger partial charge in [0, 0.05) is 5.69 Å². The molecule has 0 amide bonds. The van der Waals surface area contributed by atoms with E-state index in [0.717, 1.165) is 24.0 Å². The van der Waals surface area contributed by atoms with E-state index in [9.17, 15) is 21.6 Å². The topological polar surface area (TPSA) is 46.2 Å². The quantitative estimate of drug-likeness (QED) is 0.908. The maximum Gasteiger partial charge on any atom is 0.516 e. The number of rotatable bonds is 5. The fourth-order valence-corrected chi connectivity index (χ4v) is 2.45. The standard InChI is InChI=1S/C15H14F3NO2S/c16-15(17,18)22(20,21)19-14-10-8-13(9-11-14)7-6-12-4-2-1-3-5-12/h1-5,8-11,19H,6-7H2. The third kappa shape index (κ3) is 4.24. The number of nitrogens with one attached hydrogen (secondary N) is 1. The van der Waals surface area contributed by atoms with Gasteiger partial charge in [-0.1, -0.05) is 42.5 Å². The zero-order valence-electron chi connectivity index (χ0n) is 11.5. The van der Waals surface area contributed by atoms with Gasteiger partial charge in [0.15, 0.2) is 0 Å². The van der Waals surface area contributed by atoms with Crippen LogP contribution in [-0.2, 0) is 22.9 Å². The van der Waals surface area contributed by atoms with Crippen molar-refractivity contribution in [2.45, 2.75) is 18.3 Å². The molecule has 0 aliphatic rings. The molecule has 22 heavy (non-hydrogen) atoms. The number of hydrogen-bond acceptors (Lipinski definition) is 2. The zero-order valence-corrected chi connectivity index (χ0v) is 12.3. The number of alkyl halides is 3. The maximum absolute atomic E-state index is 12.3. The van der Waals surface area contributed by atoms with Crippen molar-refractivity contribution in [3.05, 3.63) is 65.7 Å². The van der Waals surface area contributed by atoms with Gasteiger partial charge in [-0.05, 0) is 36.1 Å². The van der Waals surface area contributed by atoms with E-state index in [1.807, 2.05) is 30.3 Å². The largest absolute Gasteiger partial charge is 0.516 e. The van der Waals surface area contributed by atoms with E-state index in [4.69, 9.17) is 0 Å². The highest BCUT2D eigenvalue weighted by molar-refractivity contribution is 7.93. The maximum atomic E-state index is 12.3. The molecule has 0 bridgehead atoms. The molecule has 118 valence electrons. The monoisotopic (exact) mass is 329 g/mol. The van der Waals surface area contributed by atoms with Crippen molar-refractivity contribution < 1.29 is 21.6 Å². The van der Waals surface area contributed by atoms with Crippen LogP contribution in [0.25, 0.3) is 0 Å². The summed E-state index contributed by atoms with van der Waals surface area (Å²) in [6.45, 7) is 0. The van der Waals surface area contributed by atoms with Crippen LogP contribution in [-0.4, -0.2) is 13.9 Å². The van der Waals surface area contributed by atoms with Crippen LogP contribution in [0.5, 0.6) is 0 Å². The van der Waals surface area contributed by atoms with Crippen LogP contribution in [0.15, 0.2) is 54.6 Å². The third-order valence-corrected chi connectivity index (χ3v) is 4.17. The zero-order chi connectivity index (χ0) is 16.2. The molecular weight excluding hydrogens is 315 g/mol. The van der Waals surface area contributed by atoms with Gasteiger partial charge >= 0.3 is 15.5 Å². The van der Waals surface area contributed by atoms with Crippen LogP contribution in [0, 0.1) is 0 Å². The first-order valence-corrected chi connectivity index (χ1v) is 7.98. The smallest absolute Gasteiger partial charge is 0.276 e. The predicted octanol–water partition coefficient (Wildman–Crippen LogP) is 3.73. The second-order valence-electron chi connectivity index (χ2n) is 4.73. The average Bonchev–Trinajstić information content (AvgIpc) is 2.46. The number of aryl methyl sites for hydroxylation is 2. The minimum atomic E-state index is -5.37. The Morgan fingerprint density at radius 3 is 1.82 bits per heavy atom. The summed E-state index contributed by atoms with van der Waals surface area (Å²) in [6, 6.07) is 15.6. The van der Waals surface area contributed by atoms with E-state index in [0.29, 0.717) is 0 Å². The van der Waals surface area contributed by atoms with Gasteiger partial charge in [0.2, 0.25) is 0 Å². The van der Waals surface area contributed by atoms with Gasteiger partial charge < -0.3 is 0 Å². The van der Waals surface area contributed by atoms with Crippen molar-refractivity contribution in [3.8, 4) is 0 Å². The molecule has 3 nitrogen and oxygen atoms in total. The minimum absolute atomic E-state index is 0.110. The fourth-order valence-electron chi connectivity index (χ4n) is 1.89. The Balaban J connectivity index is 1.99. The van der Waals surface area contributed by atoms with Crippen molar-refractivity contribution >= 4 is 15.7 Å². The van der Waals surface area contributed by atoms with Crippen LogP contribution in [0.1, 0.15) is 11.1 Å². The molecule has 0 unspecified atom stereocenters. The first-order valence-electron chi connectivity index (χ1n) is 6.50. The molecule has 0 saturated carbocycles. The Morgan fingerprint density at radius 2 is 1.32 bits per heavy atom. The van der Waals surface area contributed by atoms with E-state index >= 15 is 0 Å². The molecule has 0 aliphatic carbocycles. The molecule has 0 saturated heterocycles. The summed E-state index contributed by atoms with van der Waals surface area (Å²) in [5.74, 6) is 0. The summed E-state index contributed by atoms with van der Waals surface area (Å²) in [6.07, 6.45) is 1.52. The number of anilines is 1. The molecule has 2 rings (SSSR count). The van der Waals surface area contributed by atoms with Gasteiger partial charge in [0.1, 0.15) is 0 Å². The minimum Gasteiger partial charge on any atom is -0.276 e. The lowest BCUT2D eigenvalue weighted by molar-refractivity contribution is -0.0429. The summed E-state index contributed by atoms with van der Waals surface area (Å²) in [5.41, 5.74) is -3.36. The first-order chi connectivity index (χ1) is 10.3. The van der Waals surface area contributed by atoms with Crippen molar-refractivity contribution in [2.75, 3.05) is 4.72 Å². The van der Waals surface area contributed by atoms with Crippen molar-refractivity contribution in [1.82, 2.24) is 0 Å². The molecule has 2 aromatic rings. The van der Waals surface area contributed by atoms with Crippen LogP contribution in [0.3, 0.4) is 0 Å². The Morgan fingerprint density at radius 1 is 0.818 bits per heavy atom. The molecule has 1 N–H and O–H groups in total. The van der Waals surface area contributed by atoms with Crippen LogP contribution in [0.2, 0.25) is 0 Å². The molecule has 0 atom stereocenters. The molecule has 0 radical (unpaired) electrons. The van der Waals surface area contributed by atoms with Gasteiger partial charge in [0.05, 0.1) is 0 Å². The van der Waals surface area contributed by atoms with Crippen LogP contribution < -0.4 is 4.72 Å². The van der Waals surface area contributed by atoms with E-state index < -0.39 is 15.5 Å². The molecule has 2 aromatic carbocycles. The number of halogens is 3. The second-order valence-corrected chi connectivity index (χ2v) is 6.41. The molecule has 0 aromatic heterocycles. The van der Waals surface area contributed by atoms with Crippen LogP contribution in [0.4, 0.5) is 18.9 Å². The Kier molecular flexibility index (Phi) is 4.75. The van der Waals surface area contributed by atoms with E-state index in [1.165, 1.54) is 16.9 Å². The first kappa shape index (κ1) is 16.4. The second kappa shape index (κ2) is 6.39. The van der Waals surface area contributed by atoms with Gasteiger partial charge in [-0.3, -0.25) is 4.72 Å². The third-order valence-electron chi connectivity index (χ3n) is 3.06. The average molecular weight is 329 g/mol. The summed E-state index contributed by atoms with van der Waals surface area (Å²) in [5, 5.41) is 0. The van der Waals surface area contributed by atoms with E-state index in [2.05, 4.69) is 0 Å². The Bertz CT molecular complexity index is 711. The summed E-state index contributed by atoms with van der Waals surface area (Å²) in [4.78, 5) is 0. The molecule has 0 aliphatic heterocycles. The molecule has 0 fully saturated rings. The predicted molar refractivity (Wildman–Crippen MR) is 78.9 cm³/mol. The van der Waals surface area contributed by atoms with Crippen LogP contribution >= 0.6 is 0 Å². The van der Waals surface area contributed by atoms with Crippen molar-refractivity contribution in [3.63, 3.8) is 0 Å². The Hall–Kier alpha value is -2.02. The lowest BCUT2D eigenvalue weighted by Gasteiger charge is -2.11. The highest BCUT2D eigenvalue weighted by atomic mass is 32.2. The van der Waals surface area contributed by atoms with Crippen molar-refractivity contribution in [2.24, 2.45) is 0 Å².